The molecule has 1 aromatic heterocycles. The lowest BCUT2D eigenvalue weighted by Gasteiger charge is -2.34. The van der Waals surface area contributed by atoms with Crippen molar-refractivity contribution in [1.29, 1.82) is 0 Å². The smallest absolute Gasteiger partial charge is 0.270 e. The van der Waals surface area contributed by atoms with Gasteiger partial charge in [0.1, 0.15) is 5.82 Å². The molecule has 2 heterocycles. The number of carbonyl (C=O) groups excluding carboxylic acids is 2. The van der Waals surface area contributed by atoms with Crippen LogP contribution < -0.4 is 15.4 Å². The zero-order chi connectivity index (χ0) is 18.1. The number of carbonyl (C=O) groups is 2. The Hall–Kier alpha value is -2.89. The summed E-state index contributed by atoms with van der Waals surface area (Å²) in [4.78, 5) is 31.1. The van der Waals surface area contributed by atoms with Crippen LogP contribution in [0, 0.1) is 12.8 Å². The summed E-state index contributed by atoms with van der Waals surface area (Å²) in [5.41, 5.74) is 7.37. The Morgan fingerprint density at radius 1 is 1.24 bits per heavy atom. The van der Waals surface area contributed by atoms with Crippen molar-refractivity contribution >= 4 is 23.3 Å². The molecule has 0 aliphatic carbocycles. The molecule has 2 N–H and O–H groups in total. The molecule has 1 aromatic carbocycles. The number of pyridine rings is 1. The van der Waals surface area contributed by atoms with Crippen LogP contribution in [0.25, 0.3) is 0 Å². The number of ketones is 1. The van der Waals surface area contributed by atoms with Gasteiger partial charge in [-0.25, -0.2) is 4.98 Å². The summed E-state index contributed by atoms with van der Waals surface area (Å²) in [5, 5.41) is 0. The van der Waals surface area contributed by atoms with E-state index >= 15 is 0 Å². The highest BCUT2D eigenvalue weighted by atomic mass is 16.5. The molecule has 6 heteroatoms. The first-order valence-corrected chi connectivity index (χ1v) is 8.21. The summed E-state index contributed by atoms with van der Waals surface area (Å²) in [5.74, 6) is 0.557. The SMILES string of the molecule is Cc1ccc(C(=O)CN2C(=O)C(C(C)C)Oc3ccc(N)nc32)cc1. The van der Waals surface area contributed by atoms with Crippen LogP contribution in [0.1, 0.15) is 29.8 Å². The largest absolute Gasteiger partial charge is 0.476 e. The van der Waals surface area contributed by atoms with E-state index in [1.807, 2.05) is 32.9 Å². The van der Waals surface area contributed by atoms with Crippen LogP contribution in [-0.2, 0) is 4.79 Å². The lowest BCUT2D eigenvalue weighted by molar-refractivity contribution is -0.128. The Kier molecular flexibility index (Phi) is 4.44. The third-order valence-corrected chi connectivity index (χ3v) is 4.16. The van der Waals surface area contributed by atoms with Gasteiger partial charge >= 0.3 is 0 Å². The van der Waals surface area contributed by atoms with Gasteiger partial charge in [0.15, 0.2) is 23.5 Å². The van der Waals surface area contributed by atoms with Crippen LogP contribution in [0.2, 0.25) is 0 Å². The molecule has 0 fully saturated rings. The molecule has 130 valence electrons. The topological polar surface area (TPSA) is 85.5 Å². The van der Waals surface area contributed by atoms with Crippen LogP contribution in [0.15, 0.2) is 36.4 Å². The van der Waals surface area contributed by atoms with E-state index in [2.05, 4.69) is 4.98 Å². The van der Waals surface area contributed by atoms with Gasteiger partial charge in [0, 0.05) is 5.56 Å². The van der Waals surface area contributed by atoms with Gasteiger partial charge in [-0.3, -0.25) is 14.5 Å². The van der Waals surface area contributed by atoms with E-state index in [1.165, 1.54) is 4.90 Å². The molecule has 1 unspecified atom stereocenters. The number of hydrogen-bond donors (Lipinski definition) is 1. The van der Waals surface area contributed by atoms with E-state index in [1.54, 1.807) is 24.3 Å². The van der Waals surface area contributed by atoms with Gasteiger partial charge in [-0.05, 0) is 25.0 Å². The minimum atomic E-state index is -0.649. The minimum Gasteiger partial charge on any atom is -0.476 e. The second-order valence-electron chi connectivity index (χ2n) is 6.55. The number of rotatable bonds is 4. The van der Waals surface area contributed by atoms with E-state index in [0.717, 1.165) is 5.56 Å². The minimum absolute atomic E-state index is 0.0322. The first kappa shape index (κ1) is 17.0. The number of hydrogen-bond acceptors (Lipinski definition) is 5. The molecular weight excluding hydrogens is 318 g/mol. The molecule has 3 rings (SSSR count). The number of anilines is 2. The van der Waals surface area contributed by atoms with E-state index in [9.17, 15) is 9.59 Å². The van der Waals surface area contributed by atoms with Crippen LogP contribution in [0.4, 0.5) is 11.6 Å². The van der Waals surface area contributed by atoms with Crippen molar-refractivity contribution in [3.05, 3.63) is 47.5 Å². The second-order valence-corrected chi connectivity index (χ2v) is 6.55. The quantitative estimate of drug-likeness (QED) is 0.866. The average molecular weight is 339 g/mol. The fourth-order valence-electron chi connectivity index (χ4n) is 2.73. The lowest BCUT2D eigenvalue weighted by Crippen LogP contribution is -2.50. The molecule has 1 atom stereocenters. The molecule has 0 radical (unpaired) electrons. The predicted octanol–water partition coefficient (Wildman–Crippen LogP) is 2.61. The number of benzene rings is 1. The Labute approximate surface area is 146 Å². The Morgan fingerprint density at radius 2 is 1.92 bits per heavy atom. The second kappa shape index (κ2) is 6.55. The van der Waals surface area contributed by atoms with Gasteiger partial charge in [0.05, 0.1) is 6.54 Å². The number of nitrogens with two attached hydrogens (primary N) is 1. The Balaban J connectivity index is 1.95. The summed E-state index contributed by atoms with van der Waals surface area (Å²) in [7, 11) is 0. The molecule has 0 spiro atoms. The molecule has 1 aliphatic heterocycles. The fraction of sp³-hybridized carbons (Fsp3) is 0.316. The number of aryl methyl sites for hydroxylation is 1. The number of amides is 1. The number of nitrogen functional groups attached to an aromatic ring is 1. The molecule has 2 aromatic rings. The summed E-state index contributed by atoms with van der Waals surface area (Å²) in [6, 6.07) is 10.6. The highest BCUT2D eigenvalue weighted by Crippen LogP contribution is 2.34. The molecule has 6 nitrogen and oxygen atoms in total. The number of ether oxygens (including phenoxy) is 1. The van der Waals surface area contributed by atoms with Crippen molar-refractivity contribution in [3.63, 3.8) is 0 Å². The highest BCUT2D eigenvalue weighted by molar-refractivity contribution is 6.07. The zero-order valence-electron chi connectivity index (χ0n) is 14.5. The summed E-state index contributed by atoms with van der Waals surface area (Å²) in [6.07, 6.45) is -0.649. The molecule has 0 saturated heterocycles. The van der Waals surface area contributed by atoms with Crippen molar-refractivity contribution in [2.24, 2.45) is 5.92 Å². The van der Waals surface area contributed by atoms with Crippen molar-refractivity contribution in [2.45, 2.75) is 26.9 Å². The average Bonchev–Trinajstić information content (AvgIpc) is 2.57. The van der Waals surface area contributed by atoms with Gasteiger partial charge < -0.3 is 10.5 Å². The van der Waals surface area contributed by atoms with Gasteiger partial charge in [0.25, 0.3) is 5.91 Å². The predicted molar refractivity (Wildman–Crippen MR) is 95.8 cm³/mol. The third-order valence-electron chi connectivity index (χ3n) is 4.16. The molecule has 25 heavy (non-hydrogen) atoms. The molecular formula is C19H21N3O3. The fourth-order valence-corrected chi connectivity index (χ4v) is 2.73. The summed E-state index contributed by atoms with van der Waals surface area (Å²) >= 11 is 0. The van der Waals surface area contributed by atoms with Gasteiger partial charge in [0.2, 0.25) is 0 Å². The van der Waals surface area contributed by atoms with E-state index in [4.69, 9.17) is 10.5 Å². The number of aromatic nitrogens is 1. The van der Waals surface area contributed by atoms with E-state index in [0.29, 0.717) is 17.1 Å². The zero-order valence-corrected chi connectivity index (χ0v) is 14.5. The maximum atomic E-state index is 12.8. The maximum Gasteiger partial charge on any atom is 0.270 e. The van der Waals surface area contributed by atoms with E-state index < -0.39 is 6.10 Å². The van der Waals surface area contributed by atoms with Crippen molar-refractivity contribution in [2.75, 3.05) is 17.2 Å². The summed E-state index contributed by atoms with van der Waals surface area (Å²) < 4.78 is 5.77. The molecule has 1 aliphatic rings. The summed E-state index contributed by atoms with van der Waals surface area (Å²) in [6.45, 7) is 5.66. The Morgan fingerprint density at radius 3 is 2.56 bits per heavy atom. The first-order valence-electron chi connectivity index (χ1n) is 8.21. The van der Waals surface area contributed by atoms with Crippen LogP contribution >= 0.6 is 0 Å². The number of Topliss-reactive ketones (excluding diaryl/α,β-unsaturated/α-hetero) is 1. The van der Waals surface area contributed by atoms with Crippen LogP contribution in [0.3, 0.4) is 0 Å². The number of nitrogens with zero attached hydrogens (tertiary/aromatic N) is 2. The normalized spacial score (nSPS) is 16.6. The van der Waals surface area contributed by atoms with Gasteiger partial charge in [-0.1, -0.05) is 43.7 Å². The maximum absolute atomic E-state index is 12.8. The van der Waals surface area contributed by atoms with Gasteiger partial charge in [-0.2, -0.15) is 0 Å². The monoisotopic (exact) mass is 339 g/mol. The molecule has 0 bridgehead atoms. The first-order chi connectivity index (χ1) is 11.9. The molecule has 1 amide bonds. The van der Waals surface area contributed by atoms with Crippen molar-refractivity contribution in [3.8, 4) is 5.75 Å². The molecule has 0 saturated carbocycles. The van der Waals surface area contributed by atoms with Crippen LogP contribution in [0.5, 0.6) is 5.75 Å². The highest BCUT2D eigenvalue weighted by Gasteiger charge is 2.38. The Bertz CT molecular complexity index is 815. The lowest BCUT2D eigenvalue weighted by atomic mass is 10.0. The standard InChI is InChI=1S/C19H21N3O3/c1-11(2)17-19(24)22(18-15(25-17)8-9-16(20)21-18)10-14(23)13-6-4-12(3)5-7-13/h4-9,11,17H,10H2,1-3H3,(H2,20,21). The van der Waals surface area contributed by atoms with Crippen molar-refractivity contribution < 1.29 is 14.3 Å². The van der Waals surface area contributed by atoms with E-state index in [-0.39, 0.29) is 30.0 Å². The van der Waals surface area contributed by atoms with Gasteiger partial charge in [-0.15, -0.1) is 0 Å². The van der Waals surface area contributed by atoms with Crippen molar-refractivity contribution in [1.82, 2.24) is 4.98 Å². The third kappa shape index (κ3) is 3.33. The van der Waals surface area contributed by atoms with Crippen LogP contribution in [-0.4, -0.2) is 29.3 Å². The number of fused-ring (bicyclic) bond motifs is 1.